The number of nitrogens with two attached hydrogens (primary N) is 1. The molecule has 0 radical (unpaired) electrons. The maximum Gasteiger partial charge on any atom is 0.167 e. The van der Waals surface area contributed by atoms with Crippen molar-refractivity contribution < 1.29 is 19.7 Å². The summed E-state index contributed by atoms with van der Waals surface area (Å²) in [4.78, 5) is 12.3. The SMILES string of the molecule is Nc1ncnc2c1ncn2[C@H]1O[C@@]2(CO)COC[C@@H]1[C@@H]2O. The van der Waals surface area contributed by atoms with Crippen molar-refractivity contribution in [3.8, 4) is 0 Å². The monoisotopic (exact) mass is 293 g/mol. The van der Waals surface area contributed by atoms with Gasteiger partial charge in [0, 0.05) is 0 Å². The molecular weight excluding hydrogens is 278 g/mol. The van der Waals surface area contributed by atoms with Crippen LogP contribution in [0, 0.1) is 5.92 Å². The summed E-state index contributed by atoms with van der Waals surface area (Å²) in [6.07, 6.45) is 1.58. The summed E-state index contributed by atoms with van der Waals surface area (Å²) in [6.45, 7) is 0.181. The molecule has 4 atom stereocenters. The number of nitrogens with zero attached hydrogens (tertiary/aromatic N) is 4. The number of aliphatic hydroxyl groups is 2. The highest BCUT2D eigenvalue weighted by Gasteiger charge is 2.58. The van der Waals surface area contributed by atoms with Crippen molar-refractivity contribution in [3.63, 3.8) is 0 Å². The molecule has 4 heterocycles. The van der Waals surface area contributed by atoms with Gasteiger partial charge in [-0.2, -0.15) is 0 Å². The molecule has 2 aliphatic heterocycles. The molecule has 2 aromatic heterocycles. The normalized spacial score (nSPS) is 35.4. The molecule has 2 fully saturated rings. The van der Waals surface area contributed by atoms with Crippen LogP contribution in [0.15, 0.2) is 12.7 Å². The molecular formula is C12H15N5O4. The van der Waals surface area contributed by atoms with E-state index >= 15 is 0 Å². The number of hydrogen-bond donors (Lipinski definition) is 3. The van der Waals surface area contributed by atoms with Gasteiger partial charge in [0.2, 0.25) is 0 Å². The Morgan fingerprint density at radius 3 is 3.05 bits per heavy atom. The first-order chi connectivity index (χ1) is 10.2. The first kappa shape index (κ1) is 12.9. The molecule has 0 unspecified atom stereocenters. The van der Waals surface area contributed by atoms with Gasteiger partial charge < -0.3 is 25.4 Å². The molecule has 4 rings (SSSR count). The topological polar surface area (TPSA) is 129 Å². The molecule has 0 aliphatic carbocycles. The van der Waals surface area contributed by atoms with Gasteiger partial charge in [-0.05, 0) is 0 Å². The van der Waals surface area contributed by atoms with Crippen molar-refractivity contribution in [3.05, 3.63) is 12.7 Å². The average Bonchev–Trinajstić information content (AvgIpc) is 2.96. The highest BCUT2D eigenvalue weighted by molar-refractivity contribution is 5.81. The quantitative estimate of drug-likeness (QED) is 0.621. The first-order valence-corrected chi connectivity index (χ1v) is 6.64. The van der Waals surface area contributed by atoms with E-state index in [0.717, 1.165) is 0 Å². The smallest absolute Gasteiger partial charge is 0.167 e. The van der Waals surface area contributed by atoms with Gasteiger partial charge in [-0.3, -0.25) is 4.57 Å². The Morgan fingerprint density at radius 1 is 1.43 bits per heavy atom. The maximum absolute atomic E-state index is 10.4. The van der Waals surface area contributed by atoms with Crippen LogP contribution >= 0.6 is 0 Å². The van der Waals surface area contributed by atoms with E-state index in [0.29, 0.717) is 17.8 Å². The van der Waals surface area contributed by atoms with E-state index in [9.17, 15) is 10.2 Å². The Bertz CT molecular complexity index is 691. The van der Waals surface area contributed by atoms with Gasteiger partial charge in [0.25, 0.3) is 0 Å². The standard InChI is InChI=1S/C12H15N5O4/c13-9-7-10(15-4-14-9)17(5-16-7)11-6-1-20-3-12(2-18,21-11)8(6)19/h4-6,8,11,18-19H,1-3H2,(H2,13,14,15)/t6-,8+,11+,12+/m1/s1. The van der Waals surface area contributed by atoms with Crippen molar-refractivity contribution >= 4 is 17.0 Å². The van der Waals surface area contributed by atoms with Crippen LogP contribution in [0.4, 0.5) is 5.82 Å². The molecule has 4 N–H and O–H groups in total. The first-order valence-electron chi connectivity index (χ1n) is 6.64. The third kappa shape index (κ3) is 1.62. The molecule has 0 aromatic carbocycles. The van der Waals surface area contributed by atoms with Gasteiger partial charge in [-0.15, -0.1) is 0 Å². The number of imidazole rings is 1. The minimum Gasteiger partial charge on any atom is -0.393 e. The predicted octanol–water partition coefficient (Wildman–Crippen LogP) is -1.32. The number of aliphatic hydroxyl groups excluding tert-OH is 2. The lowest BCUT2D eigenvalue weighted by Gasteiger charge is -2.33. The van der Waals surface area contributed by atoms with Crippen LogP contribution in [0.2, 0.25) is 0 Å². The molecule has 2 aromatic rings. The number of aromatic nitrogens is 4. The predicted molar refractivity (Wildman–Crippen MR) is 70.0 cm³/mol. The van der Waals surface area contributed by atoms with Crippen molar-refractivity contribution in [2.45, 2.75) is 17.9 Å². The van der Waals surface area contributed by atoms with Crippen LogP contribution in [0.5, 0.6) is 0 Å². The van der Waals surface area contributed by atoms with Gasteiger partial charge in [-0.1, -0.05) is 0 Å². The highest BCUT2D eigenvalue weighted by atomic mass is 16.6. The molecule has 2 bridgehead atoms. The van der Waals surface area contributed by atoms with Crippen molar-refractivity contribution in [2.75, 3.05) is 25.6 Å². The Hall–Kier alpha value is -1.81. The molecule has 9 nitrogen and oxygen atoms in total. The Morgan fingerprint density at radius 2 is 2.29 bits per heavy atom. The van der Waals surface area contributed by atoms with Crippen LogP contribution in [0.25, 0.3) is 11.2 Å². The second-order valence-electron chi connectivity index (χ2n) is 5.44. The lowest BCUT2D eigenvalue weighted by atomic mass is 9.89. The van der Waals surface area contributed by atoms with E-state index in [1.54, 1.807) is 10.9 Å². The number of anilines is 1. The molecule has 0 saturated carbocycles. The summed E-state index contributed by atoms with van der Waals surface area (Å²) in [7, 11) is 0. The van der Waals surface area contributed by atoms with Gasteiger partial charge >= 0.3 is 0 Å². The van der Waals surface area contributed by atoms with Gasteiger partial charge in [0.15, 0.2) is 11.5 Å². The lowest BCUT2D eigenvalue weighted by molar-refractivity contribution is -0.163. The largest absolute Gasteiger partial charge is 0.393 e. The minimum absolute atomic E-state index is 0.154. The summed E-state index contributed by atoms with van der Waals surface area (Å²) in [5.74, 6) is -0.0205. The maximum atomic E-state index is 10.4. The molecule has 2 saturated heterocycles. The fraction of sp³-hybridized carbons (Fsp3) is 0.583. The van der Waals surface area contributed by atoms with Crippen LogP contribution in [-0.2, 0) is 9.47 Å². The zero-order chi connectivity index (χ0) is 14.6. The summed E-state index contributed by atoms with van der Waals surface area (Å²) in [6, 6.07) is 0. The third-order valence-electron chi connectivity index (χ3n) is 4.25. The molecule has 112 valence electrons. The van der Waals surface area contributed by atoms with Crippen LogP contribution in [-0.4, -0.2) is 61.3 Å². The van der Waals surface area contributed by atoms with E-state index in [1.165, 1.54) is 6.33 Å². The average molecular weight is 293 g/mol. The molecule has 0 spiro atoms. The fourth-order valence-corrected chi connectivity index (χ4v) is 3.10. The number of fused-ring (bicyclic) bond motifs is 3. The van der Waals surface area contributed by atoms with Gasteiger partial charge in [-0.25, -0.2) is 15.0 Å². The second kappa shape index (κ2) is 4.34. The molecule has 2 aliphatic rings. The van der Waals surface area contributed by atoms with Crippen molar-refractivity contribution in [1.29, 1.82) is 0 Å². The van der Waals surface area contributed by atoms with E-state index in [2.05, 4.69) is 15.0 Å². The summed E-state index contributed by atoms with van der Waals surface area (Å²) in [5.41, 5.74) is 5.69. The number of ether oxygens (including phenoxy) is 2. The Kier molecular flexibility index (Phi) is 2.67. The lowest BCUT2D eigenvalue weighted by Crippen LogP contribution is -2.52. The Labute approximate surface area is 119 Å². The number of nitrogen functional groups attached to an aromatic ring is 1. The fourth-order valence-electron chi connectivity index (χ4n) is 3.10. The Balaban J connectivity index is 1.81. The minimum atomic E-state index is -1.09. The third-order valence-corrected chi connectivity index (χ3v) is 4.25. The zero-order valence-electron chi connectivity index (χ0n) is 11.1. The van der Waals surface area contributed by atoms with Gasteiger partial charge in [0.05, 0.1) is 38.2 Å². The second-order valence-corrected chi connectivity index (χ2v) is 5.44. The van der Waals surface area contributed by atoms with E-state index < -0.39 is 17.9 Å². The van der Waals surface area contributed by atoms with Crippen LogP contribution in [0.3, 0.4) is 0 Å². The number of rotatable bonds is 2. The molecule has 21 heavy (non-hydrogen) atoms. The van der Waals surface area contributed by atoms with Gasteiger partial charge in [0.1, 0.15) is 23.7 Å². The summed E-state index contributed by atoms with van der Waals surface area (Å²) >= 11 is 0. The van der Waals surface area contributed by atoms with Crippen molar-refractivity contribution in [1.82, 2.24) is 19.5 Å². The molecule has 0 amide bonds. The van der Waals surface area contributed by atoms with Crippen LogP contribution < -0.4 is 5.73 Å². The van der Waals surface area contributed by atoms with Crippen molar-refractivity contribution in [2.24, 2.45) is 5.92 Å². The van der Waals surface area contributed by atoms with E-state index in [1.807, 2.05) is 0 Å². The van der Waals surface area contributed by atoms with E-state index in [-0.39, 0.29) is 24.9 Å². The van der Waals surface area contributed by atoms with E-state index in [4.69, 9.17) is 15.2 Å². The number of hydrogen-bond acceptors (Lipinski definition) is 8. The summed E-state index contributed by atoms with van der Waals surface area (Å²) < 4.78 is 13.1. The van der Waals surface area contributed by atoms with Crippen LogP contribution in [0.1, 0.15) is 6.23 Å². The molecule has 9 heteroatoms. The zero-order valence-corrected chi connectivity index (χ0v) is 11.1. The summed E-state index contributed by atoms with van der Waals surface area (Å²) in [5, 5.41) is 20.0. The highest BCUT2D eigenvalue weighted by Crippen LogP contribution is 2.45.